The normalized spacial score (nSPS) is 18.2. The van der Waals surface area contributed by atoms with E-state index in [4.69, 9.17) is 0 Å². The molecule has 19 heavy (non-hydrogen) atoms. The maximum atomic E-state index is 9.99. The Bertz CT molecular complexity index is 544. The minimum atomic E-state index is -0.463. The van der Waals surface area contributed by atoms with Gasteiger partial charge in [0.25, 0.3) is 0 Å². The Labute approximate surface area is 113 Å². The van der Waals surface area contributed by atoms with Crippen molar-refractivity contribution in [3.05, 3.63) is 48.3 Å². The largest absolute Gasteiger partial charge is 0.387 e. The SMILES string of the molecule is CCC1(O)CN(Cc2cnn(-c3ccccc3)c2)C1. The first-order valence-corrected chi connectivity index (χ1v) is 6.72. The Morgan fingerprint density at radius 3 is 2.68 bits per heavy atom. The molecule has 100 valence electrons. The molecule has 1 aromatic heterocycles. The summed E-state index contributed by atoms with van der Waals surface area (Å²) >= 11 is 0. The Morgan fingerprint density at radius 1 is 1.26 bits per heavy atom. The van der Waals surface area contributed by atoms with Gasteiger partial charge in [0, 0.05) is 31.4 Å². The van der Waals surface area contributed by atoms with E-state index in [9.17, 15) is 5.11 Å². The molecule has 4 heteroatoms. The first-order chi connectivity index (χ1) is 9.18. The van der Waals surface area contributed by atoms with Crippen molar-refractivity contribution in [2.45, 2.75) is 25.5 Å². The fourth-order valence-corrected chi connectivity index (χ4v) is 2.54. The molecule has 1 N–H and O–H groups in total. The lowest BCUT2D eigenvalue weighted by atomic mass is 9.91. The zero-order valence-corrected chi connectivity index (χ0v) is 11.2. The molecule has 0 atom stereocenters. The number of nitrogens with zero attached hydrogens (tertiary/aromatic N) is 3. The molecular formula is C15H19N3O. The van der Waals surface area contributed by atoms with Crippen LogP contribution in [-0.4, -0.2) is 38.5 Å². The third kappa shape index (κ3) is 2.55. The predicted octanol–water partition coefficient (Wildman–Crippen LogP) is 1.83. The van der Waals surface area contributed by atoms with E-state index in [2.05, 4.69) is 16.2 Å². The van der Waals surface area contributed by atoms with Crippen LogP contribution in [0.3, 0.4) is 0 Å². The highest BCUT2D eigenvalue weighted by atomic mass is 16.3. The molecule has 1 fully saturated rings. The first kappa shape index (κ1) is 12.4. The summed E-state index contributed by atoms with van der Waals surface area (Å²) in [7, 11) is 0. The molecule has 4 nitrogen and oxygen atoms in total. The van der Waals surface area contributed by atoms with Crippen molar-refractivity contribution in [2.75, 3.05) is 13.1 Å². The summed E-state index contributed by atoms with van der Waals surface area (Å²) < 4.78 is 1.89. The second-order valence-electron chi connectivity index (χ2n) is 5.35. The lowest BCUT2D eigenvalue weighted by Crippen LogP contribution is -2.60. The van der Waals surface area contributed by atoms with Crippen LogP contribution in [0.25, 0.3) is 5.69 Å². The molecule has 1 saturated heterocycles. The zero-order valence-electron chi connectivity index (χ0n) is 11.2. The summed E-state index contributed by atoms with van der Waals surface area (Å²) in [5.74, 6) is 0. The van der Waals surface area contributed by atoms with Gasteiger partial charge in [-0.2, -0.15) is 5.10 Å². The van der Waals surface area contributed by atoms with Gasteiger partial charge in [-0.3, -0.25) is 4.90 Å². The summed E-state index contributed by atoms with van der Waals surface area (Å²) in [6, 6.07) is 10.1. The van der Waals surface area contributed by atoms with E-state index in [1.54, 1.807) is 0 Å². The summed E-state index contributed by atoms with van der Waals surface area (Å²) in [6.45, 7) is 4.42. The van der Waals surface area contributed by atoms with Crippen LogP contribution in [0, 0.1) is 0 Å². The van der Waals surface area contributed by atoms with Crippen LogP contribution in [0.1, 0.15) is 18.9 Å². The van der Waals surface area contributed by atoms with Gasteiger partial charge in [0.1, 0.15) is 0 Å². The van der Waals surface area contributed by atoms with Gasteiger partial charge in [-0.05, 0) is 18.6 Å². The molecule has 2 aromatic rings. The maximum Gasteiger partial charge on any atom is 0.0897 e. The van der Waals surface area contributed by atoms with E-state index in [0.717, 1.165) is 31.7 Å². The maximum absolute atomic E-state index is 9.99. The molecule has 1 aliphatic rings. The Morgan fingerprint density at radius 2 is 2.00 bits per heavy atom. The smallest absolute Gasteiger partial charge is 0.0897 e. The fourth-order valence-electron chi connectivity index (χ4n) is 2.54. The van der Waals surface area contributed by atoms with Crippen LogP contribution in [0.15, 0.2) is 42.7 Å². The quantitative estimate of drug-likeness (QED) is 0.908. The molecule has 1 aromatic carbocycles. The van der Waals surface area contributed by atoms with Gasteiger partial charge in [0.2, 0.25) is 0 Å². The minimum absolute atomic E-state index is 0.463. The number of benzene rings is 1. The average molecular weight is 257 g/mol. The Hall–Kier alpha value is -1.65. The van der Waals surface area contributed by atoms with Gasteiger partial charge in [-0.15, -0.1) is 0 Å². The summed E-state index contributed by atoms with van der Waals surface area (Å²) in [4.78, 5) is 2.25. The van der Waals surface area contributed by atoms with Crippen molar-refractivity contribution < 1.29 is 5.11 Å². The zero-order chi connectivity index (χ0) is 13.3. The topological polar surface area (TPSA) is 41.3 Å². The summed E-state index contributed by atoms with van der Waals surface area (Å²) in [6.07, 6.45) is 4.78. The average Bonchev–Trinajstić information content (AvgIpc) is 2.86. The number of rotatable bonds is 4. The second kappa shape index (κ2) is 4.79. The Balaban J connectivity index is 1.64. The third-order valence-corrected chi connectivity index (χ3v) is 3.76. The number of aromatic nitrogens is 2. The highest BCUT2D eigenvalue weighted by Gasteiger charge is 2.39. The molecule has 0 aliphatic carbocycles. The van der Waals surface area contributed by atoms with Crippen LogP contribution in [0.4, 0.5) is 0 Å². The van der Waals surface area contributed by atoms with Crippen LogP contribution >= 0.6 is 0 Å². The minimum Gasteiger partial charge on any atom is -0.387 e. The van der Waals surface area contributed by atoms with E-state index in [1.807, 2.05) is 48.1 Å². The van der Waals surface area contributed by atoms with Gasteiger partial charge in [-0.1, -0.05) is 25.1 Å². The van der Waals surface area contributed by atoms with E-state index in [1.165, 1.54) is 5.56 Å². The highest BCUT2D eigenvalue weighted by molar-refractivity contribution is 5.30. The lowest BCUT2D eigenvalue weighted by molar-refractivity contribution is -0.103. The van der Waals surface area contributed by atoms with Crippen molar-refractivity contribution >= 4 is 0 Å². The van der Waals surface area contributed by atoms with Crippen LogP contribution < -0.4 is 0 Å². The van der Waals surface area contributed by atoms with Gasteiger partial charge >= 0.3 is 0 Å². The van der Waals surface area contributed by atoms with Crippen molar-refractivity contribution in [3.63, 3.8) is 0 Å². The van der Waals surface area contributed by atoms with Crippen molar-refractivity contribution in [2.24, 2.45) is 0 Å². The number of β-amino-alcohol motifs (C(OH)–C–C–N with tert-alkyl or cyclic N) is 1. The molecule has 0 radical (unpaired) electrons. The number of likely N-dealkylation sites (tertiary alicyclic amines) is 1. The van der Waals surface area contributed by atoms with Crippen LogP contribution in [-0.2, 0) is 6.54 Å². The van der Waals surface area contributed by atoms with E-state index >= 15 is 0 Å². The van der Waals surface area contributed by atoms with Crippen molar-refractivity contribution in [1.29, 1.82) is 0 Å². The van der Waals surface area contributed by atoms with E-state index < -0.39 is 5.60 Å². The highest BCUT2D eigenvalue weighted by Crippen LogP contribution is 2.25. The number of hydrogen-bond acceptors (Lipinski definition) is 3. The van der Waals surface area contributed by atoms with Gasteiger partial charge in [-0.25, -0.2) is 4.68 Å². The molecular weight excluding hydrogens is 238 g/mol. The molecule has 0 amide bonds. The predicted molar refractivity (Wildman–Crippen MR) is 74.1 cm³/mol. The molecule has 3 rings (SSSR count). The first-order valence-electron chi connectivity index (χ1n) is 6.72. The van der Waals surface area contributed by atoms with Crippen LogP contribution in [0.5, 0.6) is 0 Å². The molecule has 0 spiro atoms. The van der Waals surface area contributed by atoms with E-state index in [-0.39, 0.29) is 0 Å². The molecule has 0 saturated carbocycles. The van der Waals surface area contributed by atoms with Crippen molar-refractivity contribution in [3.8, 4) is 5.69 Å². The number of aliphatic hydroxyl groups is 1. The molecule has 0 unspecified atom stereocenters. The summed E-state index contributed by atoms with van der Waals surface area (Å²) in [5, 5.41) is 14.4. The molecule has 1 aliphatic heterocycles. The lowest BCUT2D eigenvalue weighted by Gasteiger charge is -2.46. The Kier molecular flexibility index (Phi) is 3.12. The molecule has 0 bridgehead atoms. The van der Waals surface area contributed by atoms with Crippen molar-refractivity contribution in [1.82, 2.24) is 14.7 Å². The number of hydrogen-bond donors (Lipinski definition) is 1. The number of para-hydroxylation sites is 1. The summed E-state index contributed by atoms with van der Waals surface area (Å²) in [5.41, 5.74) is 1.79. The second-order valence-corrected chi connectivity index (χ2v) is 5.35. The standard InChI is InChI=1S/C15H19N3O/c1-2-15(19)11-17(12-15)9-13-8-16-18(10-13)14-6-4-3-5-7-14/h3-8,10,19H,2,9,11-12H2,1H3. The fraction of sp³-hybridized carbons (Fsp3) is 0.400. The van der Waals surface area contributed by atoms with Gasteiger partial charge in [0.05, 0.1) is 17.5 Å². The van der Waals surface area contributed by atoms with Crippen LogP contribution in [0.2, 0.25) is 0 Å². The van der Waals surface area contributed by atoms with E-state index in [0.29, 0.717) is 0 Å². The van der Waals surface area contributed by atoms with Gasteiger partial charge < -0.3 is 5.11 Å². The van der Waals surface area contributed by atoms with Gasteiger partial charge in [0.15, 0.2) is 0 Å². The monoisotopic (exact) mass is 257 g/mol. The molecule has 2 heterocycles. The third-order valence-electron chi connectivity index (χ3n) is 3.76.